The Hall–Kier alpha value is -0.430. The molecule has 6 heteroatoms. The van der Waals surface area contributed by atoms with Crippen LogP contribution < -0.4 is 5.73 Å². The third kappa shape index (κ3) is 2.15. The van der Waals surface area contributed by atoms with Crippen molar-refractivity contribution in [1.29, 1.82) is 0 Å². The van der Waals surface area contributed by atoms with Crippen LogP contribution in [0.4, 0.5) is 0 Å². The van der Waals surface area contributed by atoms with E-state index in [1.54, 1.807) is 24.3 Å². The topological polar surface area (TPSA) is 63.4 Å². The zero-order chi connectivity index (χ0) is 11.8. The van der Waals surface area contributed by atoms with Crippen LogP contribution >= 0.6 is 15.9 Å². The van der Waals surface area contributed by atoms with Gasteiger partial charge in [-0.2, -0.15) is 4.31 Å². The molecule has 1 saturated heterocycles. The number of nitrogens with two attached hydrogens (primary N) is 1. The smallest absolute Gasteiger partial charge is 0.244 e. The van der Waals surface area contributed by atoms with Crippen molar-refractivity contribution in [3.05, 3.63) is 28.7 Å². The minimum Gasteiger partial charge on any atom is -0.326 e. The van der Waals surface area contributed by atoms with Crippen molar-refractivity contribution in [2.45, 2.75) is 17.4 Å². The van der Waals surface area contributed by atoms with Gasteiger partial charge in [0, 0.05) is 23.6 Å². The predicted molar refractivity (Wildman–Crippen MR) is 65.5 cm³/mol. The van der Waals surface area contributed by atoms with Gasteiger partial charge in [0.05, 0.1) is 4.90 Å². The second kappa shape index (κ2) is 4.44. The summed E-state index contributed by atoms with van der Waals surface area (Å²) in [6.45, 7) is 0.911. The van der Waals surface area contributed by atoms with Crippen LogP contribution in [0.5, 0.6) is 0 Å². The predicted octanol–water partition coefficient (Wildman–Crippen LogP) is 1.17. The Morgan fingerprint density at radius 3 is 2.62 bits per heavy atom. The number of benzene rings is 1. The minimum atomic E-state index is -3.40. The van der Waals surface area contributed by atoms with Crippen molar-refractivity contribution in [1.82, 2.24) is 4.31 Å². The second-order valence-electron chi connectivity index (χ2n) is 3.84. The van der Waals surface area contributed by atoms with Crippen LogP contribution in [-0.2, 0) is 10.0 Å². The van der Waals surface area contributed by atoms with Gasteiger partial charge in [-0.1, -0.05) is 12.1 Å². The van der Waals surface area contributed by atoms with Crippen LogP contribution in [0.25, 0.3) is 0 Å². The van der Waals surface area contributed by atoms with E-state index in [9.17, 15) is 8.42 Å². The molecule has 1 heterocycles. The summed E-state index contributed by atoms with van der Waals surface area (Å²) >= 11 is 3.26. The molecule has 0 saturated carbocycles. The van der Waals surface area contributed by atoms with Crippen LogP contribution in [0, 0.1) is 0 Å². The molecule has 0 amide bonds. The van der Waals surface area contributed by atoms with Crippen molar-refractivity contribution >= 4 is 26.0 Å². The van der Waals surface area contributed by atoms with Crippen molar-refractivity contribution in [3.8, 4) is 0 Å². The van der Waals surface area contributed by atoms with E-state index < -0.39 is 10.0 Å². The SMILES string of the molecule is NC1CCN(S(=O)(=O)c2ccccc2Br)C1. The van der Waals surface area contributed by atoms with Crippen molar-refractivity contribution in [2.75, 3.05) is 13.1 Å². The molecule has 1 unspecified atom stereocenters. The molecule has 1 aromatic carbocycles. The normalized spacial score (nSPS) is 22.5. The lowest BCUT2D eigenvalue weighted by Gasteiger charge is -2.16. The second-order valence-corrected chi connectivity index (χ2v) is 6.60. The maximum atomic E-state index is 12.2. The summed E-state index contributed by atoms with van der Waals surface area (Å²) in [5, 5.41) is 0. The standard InChI is InChI=1S/C10H13BrN2O2S/c11-9-3-1-2-4-10(9)16(14,15)13-6-5-8(12)7-13/h1-4,8H,5-7,12H2. The Balaban J connectivity index is 2.36. The van der Waals surface area contributed by atoms with E-state index in [1.807, 2.05) is 0 Å². The fourth-order valence-corrected chi connectivity index (χ4v) is 4.24. The summed E-state index contributed by atoms with van der Waals surface area (Å²) in [5.41, 5.74) is 5.72. The Morgan fingerprint density at radius 1 is 1.38 bits per heavy atom. The molecule has 0 radical (unpaired) electrons. The van der Waals surface area contributed by atoms with Gasteiger partial charge >= 0.3 is 0 Å². The summed E-state index contributed by atoms with van der Waals surface area (Å²) in [6.07, 6.45) is 0.726. The van der Waals surface area contributed by atoms with Crippen LogP contribution in [-0.4, -0.2) is 31.9 Å². The largest absolute Gasteiger partial charge is 0.326 e. The van der Waals surface area contributed by atoms with Gasteiger partial charge in [0.25, 0.3) is 0 Å². The zero-order valence-electron chi connectivity index (χ0n) is 8.64. The van der Waals surface area contributed by atoms with E-state index >= 15 is 0 Å². The molecule has 0 aliphatic carbocycles. The third-order valence-electron chi connectivity index (χ3n) is 2.64. The molecule has 1 atom stereocenters. The third-order valence-corrected chi connectivity index (χ3v) is 5.52. The number of hydrogen-bond acceptors (Lipinski definition) is 3. The maximum absolute atomic E-state index is 12.2. The Bertz CT molecular complexity index is 489. The lowest BCUT2D eigenvalue weighted by atomic mass is 10.3. The van der Waals surface area contributed by atoms with Crippen molar-refractivity contribution in [3.63, 3.8) is 0 Å². The van der Waals surface area contributed by atoms with Gasteiger partial charge in [-0.3, -0.25) is 0 Å². The highest BCUT2D eigenvalue weighted by Gasteiger charge is 2.31. The maximum Gasteiger partial charge on any atom is 0.244 e. The molecule has 1 aromatic rings. The molecule has 88 valence electrons. The highest BCUT2D eigenvalue weighted by atomic mass is 79.9. The molecular weight excluding hydrogens is 292 g/mol. The first-order chi connectivity index (χ1) is 7.51. The first-order valence-corrected chi connectivity index (χ1v) is 7.25. The molecule has 0 spiro atoms. The molecule has 1 fully saturated rings. The first-order valence-electron chi connectivity index (χ1n) is 5.02. The van der Waals surface area contributed by atoms with E-state index in [1.165, 1.54) is 4.31 Å². The summed E-state index contributed by atoms with van der Waals surface area (Å²) in [4.78, 5) is 0.309. The van der Waals surface area contributed by atoms with Gasteiger partial charge in [-0.15, -0.1) is 0 Å². The van der Waals surface area contributed by atoms with Crippen LogP contribution in [0.2, 0.25) is 0 Å². The van der Waals surface area contributed by atoms with Gasteiger partial charge in [0.15, 0.2) is 0 Å². The lowest BCUT2D eigenvalue weighted by Crippen LogP contribution is -2.32. The summed E-state index contributed by atoms with van der Waals surface area (Å²) in [6, 6.07) is 6.79. The number of rotatable bonds is 2. The lowest BCUT2D eigenvalue weighted by molar-refractivity contribution is 0.472. The minimum absolute atomic E-state index is 0.0442. The fraction of sp³-hybridized carbons (Fsp3) is 0.400. The summed E-state index contributed by atoms with van der Waals surface area (Å²) in [7, 11) is -3.40. The van der Waals surface area contributed by atoms with E-state index in [4.69, 9.17) is 5.73 Å². The first kappa shape index (κ1) is 12.0. The molecule has 4 nitrogen and oxygen atoms in total. The van der Waals surface area contributed by atoms with Crippen LogP contribution in [0.1, 0.15) is 6.42 Å². The van der Waals surface area contributed by atoms with Crippen LogP contribution in [0.15, 0.2) is 33.6 Å². The Kier molecular flexibility index (Phi) is 3.34. The van der Waals surface area contributed by atoms with Gasteiger partial charge in [-0.05, 0) is 34.5 Å². The number of nitrogens with zero attached hydrogens (tertiary/aromatic N) is 1. The van der Waals surface area contributed by atoms with Gasteiger partial charge in [0.1, 0.15) is 0 Å². The molecule has 1 aliphatic rings. The zero-order valence-corrected chi connectivity index (χ0v) is 11.0. The van der Waals surface area contributed by atoms with Crippen molar-refractivity contribution < 1.29 is 8.42 Å². The summed E-state index contributed by atoms with van der Waals surface area (Å²) < 4.78 is 26.5. The Labute approximate surface area is 104 Å². The van der Waals surface area contributed by atoms with E-state index in [0.717, 1.165) is 6.42 Å². The molecule has 2 N–H and O–H groups in total. The number of halogens is 1. The molecule has 2 rings (SSSR count). The van der Waals surface area contributed by atoms with Gasteiger partial charge in [-0.25, -0.2) is 8.42 Å². The van der Waals surface area contributed by atoms with Crippen LogP contribution in [0.3, 0.4) is 0 Å². The monoisotopic (exact) mass is 304 g/mol. The van der Waals surface area contributed by atoms with Gasteiger partial charge in [0.2, 0.25) is 10.0 Å². The molecule has 0 aromatic heterocycles. The molecule has 16 heavy (non-hydrogen) atoms. The number of hydrogen-bond donors (Lipinski definition) is 1. The molecule has 1 aliphatic heterocycles. The average Bonchev–Trinajstić information content (AvgIpc) is 2.66. The highest BCUT2D eigenvalue weighted by molar-refractivity contribution is 9.10. The number of sulfonamides is 1. The fourth-order valence-electron chi connectivity index (χ4n) is 1.77. The van der Waals surface area contributed by atoms with E-state index in [0.29, 0.717) is 22.5 Å². The summed E-state index contributed by atoms with van der Waals surface area (Å²) in [5.74, 6) is 0. The van der Waals surface area contributed by atoms with Gasteiger partial charge < -0.3 is 5.73 Å². The Morgan fingerprint density at radius 2 is 2.06 bits per heavy atom. The molecule has 0 bridgehead atoms. The quantitative estimate of drug-likeness (QED) is 0.892. The van der Waals surface area contributed by atoms with Crippen molar-refractivity contribution in [2.24, 2.45) is 5.73 Å². The average molecular weight is 305 g/mol. The van der Waals surface area contributed by atoms with E-state index in [2.05, 4.69) is 15.9 Å². The molecular formula is C10H13BrN2O2S. The highest BCUT2D eigenvalue weighted by Crippen LogP contribution is 2.26. The van der Waals surface area contributed by atoms with E-state index in [-0.39, 0.29) is 6.04 Å².